The Labute approximate surface area is 354 Å². The van der Waals surface area contributed by atoms with Crippen molar-refractivity contribution in [2.45, 2.75) is 36.6 Å². The third-order valence-corrected chi connectivity index (χ3v) is 9.26. The van der Waals surface area contributed by atoms with Gasteiger partial charge in [-0.1, -0.05) is 102 Å². The number of hydrogen-bond donors (Lipinski definition) is 2. The summed E-state index contributed by atoms with van der Waals surface area (Å²) in [4.78, 5) is 6.59. The quantitative estimate of drug-likeness (QED) is 0.126. The van der Waals surface area contributed by atoms with E-state index < -0.39 is 0 Å². The maximum atomic E-state index is 4.39. The molecule has 0 spiro atoms. The highest BCUT2D eigenvalue weighted by atomic mass is 15.4. The summed E-state index contributed by atoms with van der Waals surface area (Å²) in [7, 11) is 9.73. The summed E-state index contributed by atoms with van der Waals surface area (Å²) in [6.45, 7) is 2.01. The zero-order chi connectivity index (χ0) is 39.0. The Morgan fingerprint density at radius 3 is 2.02 bits per heavy atom. The monoisotopic (exact) mass is 806 g/mol. The molecule has 9 rings (SSSR count). The van der Waals surface area contributed by atoms with E-state index in [0.717, 1.165) is 44.6 Å². The van der Waals surface area contributed by atoms with Crippen LogP contribution in [0, 0.1) is 6.92 Å². The van der Waals surface area contributed by atoms with Crippen LogP contribution >= 0.6 is 0 Å². The highest BCUT2D eigenvalue weighted by Gasteiger charge is 2.13. The number of azo groups is 2. The Kier molecular flexibility index (Phi) is 16.8. The molecule has 6 heterocycles. The maximum Gasteiger partial charge on any atom is 0.403 e. The van der Waals surface area contributed by atoms with E-state index in [4.69, 9.17) is 0 Å². The van der Waals surface area contributed by atoms with Crippen LogP contribution in [0.5, 0.6) is 0 Å². The molecule has 310 valence electrons. The van der Waals surface area contributed by atoms with Crippen LogP contribution in [0.1, 0.15) is 46.5 Å². The first-order valence-electron chi connectivity index (χ1n) is 18.2. The molecule has 0 aliphatic rings. The van der Waals surface area contributed by atoms with Crippen molar-refractivity contribution < 1.29 is 13.7 Å². The van der Waals surface area contributed by atoms with E-state index in [1.807, 2.05) is 140 Å². The van der Waals surface area contributed by atoms with Gasteiger partial charge in [-0.25, -0.2) is 13.7 Å². The summed E-state index contributed by atoms with van der Waals surface area (Å²) >= 11 is 0. The largest absolute Gasteiger partial charge is 0.403 e. The topological polar surface area (TPSA) is 115 Å². The first kappa shape index (κ1) is 47.0. The lowest BCUT2D eigenvalue weighted by Gasteiger charge is -1.92. The Morgan fingerprint density at radius 2 is 1.32 bits per heavy atom. The zero-order valence-corrected chi connectivity index (χ0v) is 32.4. The molecular weight excluding hydrogens is 745 g/mol. The van der Waals surface area contributed by atoms with Gasteiger partial charge in [0.05, 0.1) is 19.6 Å². The van der Waals surface area contributed by atoms with E-state index in [-0.39, 0.29) is 29.7 Å². The number of aryl methyl sites for hydroxylation is 6. The smallest absolute Gasteiger partial charge is 0.361 e. The van der Waals surface area contributed by atoms with Gasteiger partial charge in [0, 0.05) is 75.6 Å². The molecular formula is C48H61N12+3. The van der Waals surface area contributed by atoms with Crippen LogP contribution in [0.4, 0.5) is 23.0 Å². The van der Waals surface area contributed by atoms with E-state index in [9.17, 15) is 0 Å². The standard InChI is InChI=1S/C16H14N2.C15H15N4.C13H15N6.4CH4/c1-18-10-8-13(9-11-18)6-7-14-12-17-16-5-3-2-4-15(14)16;1-11-15(13-7-3-4-8-14(13)16-11)18-17-12-6-5-9-19(2)10-12;1-17-8-11(10-6-4-5-7-12(10)17)15-16-13-18(2)9-14-19(13)3;;;;/h2-12H,1H3;3-10,16H,1-2H3;4-9H,1-3H3;4*1H4/q;2*+1;;;;/p+1. The molecule has 0 bridgehead atoms. The minimum absolute atomic E-state index is 0. The number of pyridine rings is 2. The van der Waals surface area contributed by atoms with Crippen molar-refractivity contribution in [2.24, 2.45) is 55.7 Å². The molecule has 12 nitrogen and oxygen atoms in total. The van der Waals surface area contributed by atoms with Gasteiger partial charge in [0.15, 0.2) is 24.8 Å². The van der Waals surface area contributed by atoms with Gasteiger partial charge in [0.25, 0.3) is 0 Å². The predicted molar refractivity (Wildman–Crippen MR) is 248 cm³/mol. The summed E-state index contributed by atoms with van der Waals surface area (Å²) in [5.41, 5.74) is 9.48. The first-order valence-corrected chi connectivity index (χ1v) is 18.2. The van der Waals surface area contributed by atoms with E-state index >= 15 is 0 Å². The Morgan fingerprint density at radius 1 is 0.650 bits per heavy atom. The van der Waals surface area contributed by atoms with Crippen LogP contribution in [-0.2, 0) is 35.2 Å². The molecule has 0 atom stereocenters. The average Bonchev–Trinajstić information content (AvgIpc) is 3.96. The second-order valence-electron chi connectivity index (χ2n) is 13.5. The van der Waals surface area contributed by atoms with Crippen LogP contribution in [0.25, 0.3) is 44.9 Å². The highest BCUT2D eigenvalue weighted by molar-refractivity contribution is 5.93. The summed E-state index contributed by atoms with van der Waals surface area (Å²) in [6, 6.07) is 32.7. The van der Waals surface area contributed by atoms with Crippen molar-refractivity contribution in [3.8, 4) is 0 Å². The third-order valence-electron chi connectivity index (χ3n) is 9.26. The molecule has 0 unspecified atom stereocenters. The lowest BCUT2D eigenvalue weighted by Crippen LogP contribution is -2.25. The fourth-order valence-electron chi connectivity index (χ4n) is 6.29. The Bertz CT molecular complexity index is 2810. The van der Waals surface area contributed by atoms with E-state index in [0.29, 0.717) is 5.95 Å². The molecule has 9 aromatic rings. The number of benzene rings is 3. The molecule has 0 aliphatic carbocycles. The van der Waals surface area contributed by atoms with Gasteiger partial charge in [-0.05, 0) is 47.4 Å². The number of nitrogens with zero attached hydrogens (tertiary/aromatic N) is 10. The normalized spacial score (nSPS) is 10.8. The zero-order valence-electron chi connectivity index (χ0n) is 32.4. The minimum atomic E-state index is 0. The number of H-pyrrole nitrogens is 2. The van der Waals surface area contributed by atoms with Gasteiger partial charge in [-0.2, -0.15) is 0 Å². The van der Waals surface area contributed by atoms with Gasteiger partial charge in [-0.15, -0.1) is 14.9 Å². The van der Waals surface area contributed by atoms with Gasteiger partial charge in [-0.3, -0.25) is 0 Å². The first-order chi connectivity index (χ1) is 27.2. The number of fused-ring (bicyclic) bond motifs is 3. The molecule has 12 heteroatoms. The number of rotatable bonds is 6. The molecule has 6 aromatic heterocycles. The highest BCUT2D eigenvalue weighted by Crippen LogP contribution is 2.31. The van der Waals surface area contributed by atoms with Gasteiger partial charge in [0.2, 0.25) is 6.33 Å². The summed E-state index contributed by atoms with van der Waals surface area (Å²) in [5.74, 6) is 0.702. The Balaban J connectivity index is 0.000000233. The molecule has 0 saturated carbocycles. The minimum Gasteiger partial charge on any atom is -0.361 e. The van der Waals surface area contributed by atoms with Crippen molar-refractivity contribution >= 4 is 67.9 Å². The molecule has 3 aromatic carbocycles. The summed E-state index contributed by atoms with van der Waals surface area (Å²) in [6.07, 6.45) is 18.0. The number of para-hydroxylation sites is 3. The molecule has 0 amide bonds. The Hall–Kier alpha value is -7.34. The number of aromatic amines is 2. The molecule has 0 radical (unpaired) electrons. The van der Waals surface area contributed by atoms with Crippen molar-refractivity contribution in [2.75, 3.05) is 0 Å². The summed E-state index contributed by atoms with van der Waals surface area (Å²) in [5, 5.41) is 24.9. The van der Waals surface area contributed by atoms with Crippen LogP contribution in [0.2, 0.25) is 0 Å². The number of nitrogens with one attached hydrogen (secondary N) is 2. The van der Waals surface area contributed by atoms with Gasteiger partial charge < -0.3 is 14.5 Å². The lowest BCUT2D eigenvalue weighted by atomic mass is 10.1. The van der Waals surface area contributed by atoms with Crippen molar-refractivity contribution in [3.05, 3.63) is 157 Å². The van der Waals surface area contributed by atoms with Crippen molar-refractivity contribution in [1.29, 1.82) is 0 Å². The van der Waals surface area contributed by atoms with Crippen molar-refractivity contribution in [1.82, 2.24) is 24.3 Å². The van der Waals surface area contributed by atoms with E-state index in [1.165, 1.54) is 22.0 Å². The van der Waals surface area contributed by atoms with E-state index in [1.54, 1.807) is 11.0 Å². The number of hydrogen-bond acceptors (Lipinski definition) is 5. The van der Waals surface area contributed by atoms with Gasteiger partial charge >= 0.3 is 5.95 Å². The maximum absolute atomic E-state index is 4.39. The van der Waals surface area contributed by atoms with Crippen LogP contribution in [-0.4, -0.2) is 24.3 Å². The average molecular weight is 806 g/mol. The molecule has 0 saturated heterocycles. The number of aromatic nitrogens is 8. The van der Waals surface area contributed by atoms with Gasteiger partial charge in [0.1, 0.15) is 31.2 Å². The lowest BCUT2D eigenvalue weighted by molar-refractivity contribution is -0.671. The fourth-order valence-corrected chi connectivity index (χ4v) is 6.29. The fraction of sp³-hybridized carbons (Fsp3) is 0.208. The van der Waals surface area contributed by atoms with E-state index in [2.05, 4.69) is 103 Å². The third kappa shape index (κ3) is 11.0. The molecule has 0 fully saturated rings. The second kappa shape index (κ2) is 21.4. The second-order valence-corrected chi connectivity index (χ2v) is 13.5. The van der Waals surface area contributed by atoms with Crippen LogP contribution < -0.4 is 13.7 Å². The van der Waals surface area contributed by atoms with Crippen molar-refractivity contribution in [3.63, 3.8) is 0 Å². The molecule has 60 heavy (non-hydrogen) atoms. The molecule has 0 aliphatic heterocycles. The predicted octanol–water partition coefficient (Wildman–Crippen LogP) is 11.6. The SMILES string of the molecule is C.C.C.C.C[n+]1ccc(C=Cc2c[nH]c3ccccc23)cc1.Cc1[nH]c2ccccc2c1N=Nc1ccc[n+](C)c1.Cn1nc[n+](C)c1N=Nc1cn(C)c2ccccc12. The summed E-state index contributed by atoms with van der Waals surface area (Å²) < 4.78 is 9.55. The van der Waals surface area contributed by atoms with Crippen LogP contribution in [0.15, 0.2) is 161 Å². The molecule has 2 N–H and O–H groups in total. The van der Waals surface area contributed by atoms with Crippen LogP contribution in [0.3, 0.4) is 0 Å².